The molecule has 1 aliphatic heterocycles. The third-order valence-electron chi connectivity index (χ3n) is 5.02. The van der Waals surface area contributed by atoms with Crippen molar-refractivity contribution < 1.29 is 19.1 Å². The molecule has 1 N–H and O–H groups in total. The van der Waals surface area contributed by atoms with Crippen molar-refractivity contribution in [2.75, 3.05) is 26.7 Å². The van der Waals surface area contributed by atoms with E-state index in [1.54, 1.807) is 4.90 Å². The molecular weight excluding hydrogens is 344 g/mol. The van der Waals surface area contributed by atoms with Crippen LogP contribution in [0.2, 0.25) is 0 Å². The molecule has 0 unspecified atom stereocenters. The number of nitrogens with one attached hydrogen (secondary N) is 1. The summed E-state index contributed by atoms with van der Waals surface area (Å²) in [5, 5.41) is 2.80. The lowest BCUT2D eigenvalue weighted by Gasteiger charge is -2.30. The first kappa shape index (κ1) is 20.9. The van der Waals surface area contributed by atoms with Crippen LogP contribution >= 0.6 is 0 Å². The first-order chi connectivity index (χ1) is 12.7. The molecule has 1 aromatic carbocycles. The number of benzene rings is 1. The van der Waals surface area contributed by atoms with Gasteiger partial charge in [0.05, 0.1) is 13.0 Å². The molecule has 6 heteroatoms. The average molecular weight is 374 g/mol. The fourth-order valence-corrected chi connectivity index (χ4v) is 3.20. The molecule has 6 nitrogen and oxygen atoms in total. The van der Waals surface area contributed by atoms with Crippen LogP contribution in [0.1, 0.15) is 56.0 Å². The van der Waals surface area contributed by atoms with Gasteiger partial charge in [-0.2, -0.15) is 0 Å². The molecule has 1 heterocycles. The van der Waals surface area contributed by atoms with E-state index in [1.807, 2.05) is 24.3 Å². The van der Waals surface area contributed by atoms with Crippen molar-refractivity contribution in [2.24, 2.45) is 5.92 Å². The Balaban J connectivity index is 1.75. The minimum atomic E-state index is -0.202. The molecule has 2 amide bonds. The zero-order valence-electron chi connectivity index (χ0n) is 16.7. The second-order valence-corrected chi connectivity index (χ2v) is 8.01. The van der Waals surface area contributed by atoms with Crippen molar-refractivity contribution in [3.05, 3.63) is 35.4 Å². The summed E-state index contributed by atoms with van der Waals surface area (Å²) in [6, 6.07) is 7.56. The van der Waals surface area contributed by atoms with E-state index in [-0.39, 0.29) is 35.5 Å². The van der Waals surface area contributed by atoms with Gasteiger partial charge < -0.3 is 15.0 Å². The Morgan fingerprint density at radius 1 is 1.11 bits per heavy atom. The van der Waals surface area contributed by atoms with Gasteiger partial charge in [-0.15, -0.1) is 0 Å². The predicted molar refractivity (Wildman–Crippen MR) is 103 cm³/mol. The van der Waals surface area contributed by atoms with Gasteiger partial charge in [-0.25, -0.2) is 0 Å². The van der Waals surface area contributed by atoms with E-state index in [9.17, 15) is 14.4 Å². The summed E-state index contributed by atoms with van der Waals surface area (Å²) in [5.74, 6) is -0.490. The van der Waals surface area contributed by atoms with E-state index in [4.69, 9.17) is 4.74 Å². The molecule has 0 spiro atoms. The highest BCUT2D eigenvalue weighted by atomic mass is 16.5. The number of ether oxygens (including phenoxy) is 1. The number of piperidine rings is 1. The van der Waals surface area contributed by atoms with E-state index in [2.05, 4.69) is 26.1 Å². The second kappa shape index (κ2) is 9.02. The van der Waals surface area contributed by atoms with Crippen molar-refractivity contribution in [2.45, 2.75) is 45.4 Å². The van der Waals surface area contributed by atoms with Crippen molar-refractivity contribution in [1.82, 2.24) is 10.2 Å². The van der Waals surface area contributed by atoms with Gasteiger partial charge in [-0.1, -0.05) is 32.9 Å². The first-order valence-corrected chi connectivity index (χ1v) is 9.46. The molecule has 0 bridgehead atoms. The molecule has 2 rings (SSSR count). The van der Waals surface area contributed by atoms with Crippen LogP contribution in [0.5, 0.6) is 0 Å². The minimum Gasteiger partial charge on any atom is -0.469 e. The third kappa shape index (κ3) is 5.81. The van der Waals surface area contributed by atoms with Gasteiger partial charge in [-0.3, -0.25) is 14.4 Å². The van der Waals surface area contributed by atoms with Gasteiger partial charge in [0.2, 0.25) is 5.91 Å². The maximum atomic E-state index is 12.3. The molecule has 0 aliphatic carbocycles. The van der Waals surface area contributed by atoms with E-state index in [1.165, 1.54) is 12.7 Å². The number of nitrogens with zero attached hydrogens (tertiary/aromatic N) is 1. The van der Waals surface area contributed by atoms with Crippen molar-refractivity contribution in [3.63, 3.8) is 0 Å². The van der Waals surface area contributed by atoms with Crippen LogP contribution in [-0.4, -0.2) is 49.4 Å². The number of carbonyl (C=O) groups excluding carboxylic acids is 3. The Hall–Kier alpha value is -2.37. The summed E-state index contributed by atoms with van der Waals surface area (Å²) < 4.78 is 4.75. The van der Waals surface area contributed by atoms with Crippen LogP contribution in [0.3, 0.4) is 0 Å². The summed E-state index contributed by atoms with van der Waals surface area (Å²) >= 11 is 0. The highest BCUT2D eigenvalue weighted by molar-refractivity contribution is 5.94. The molecule has 1 fully saturated rings. The highest BCUT2D eigenvalue weighted by Crippen LogP contribution is 2.22. The molecule has 1 aromatic rings. The van der Waals surface area contributed by atoms with E-state index >= 15 is 0 Å². The Bertz CT molecular complexity index is 668. The number of hydrogen-bond donors (Lipinski definition) is 1. The molecule has 1 aliphatic rings. The SMILES string of the molecule is COC(=O)C1CCN(C(=O)CCNC(=O)c2ccc(C(C)(C)C)cc2)CC1. The number of rotatable bonds is 5. The van der Waals surface area contributed by atoms with Gasteiger partial charge in [0, 0.05) is 31.6 Å². The Morgan fingerprint density at radius 3 is 2.22 bits per heavy atom. The Labute approximate surface area is 161 Å². The Kier molecular flexibility index (Phi) is 6.99. The maximum Gasteiger partial charge on any atom is 0.308 e. The van der Waals surface area contributed by atoms with Crippen LogP contribution in [-0.2, 0) is 19.7 Å². The molecule has 0 saturated carbocycles. The van der Waals surface area contributed by atoms with Gasteiger partial charge in [0.25, 0.3) is 5.91 Å². The summed E-state index contributed by atoms with van der Waals surface area (Å²) in [6.45, 7) is 7.79. The van der Waals surface area contributed by atoms with Crippen LogP contribution in [0.25, 0.3) is 0 Å². The monoisotopic (exact) mass is 374 g/mol. The first-order valence-electron chi connectivity index (χ1n) is 9.46. The predicted octanol–water partition coefficient (Wildman–Crippen LogP) is 2.52. The average Bonchev–Trinajstić information content (AvgIpc) is 2.66. The van der Waals surface area contributed by atoms with E-state index in [0.717, 1.165) is 0 Å². The molecule has 27 heavy (non-hydrogen) atoms. The fourth-order valence-electron chi connectivity index (χ4n) is 3.20. The number of carbonyl (C=O) groups is 3. The lowest BCUT2D eigenvalue weighted by molar-refractivity contribution is -0.148. The molecule has 0 radical (unpaired) electrons. The van der Waals surface area contributed by atoms with Crippen LogP contribution in [0.15, 0.2) is 24.3 Å². The number of amides is 2. The van der Waals surface area contributed by atoms with Gasteiger partial charge in [0.15, 0.2) is 0 Å². The molecular formula is C21H30N2O4. The van der Waals surface area contributed by atoms with E-state index < -0.39 is 0 Å². The molecule has 0 atom stereocenters. The summed E-state index contributed by atoms with van der Waals surface area (Å²) in [5.41, 5.74) is 1.81. The topological polar surface area (TPSA) is 75.7 Å². The fraction of sp³-hybridized carbons (Fsp3) is 0.571. The summed E-state index contributed by atoms with van der Waals surface area (Å²) in [7, 11) is 1.39. The maximum absolute atomic E-state index is 12.3. The molecule has 0 aromatic heterocycles. The number of methoxy groups -OCH3 is 1. The smallest absolute Gasteiger partial charge is 0.308 e. The van der Waals surface area contributed by atoms with Gasteiger partial charge in [-0.05, 0) is 36.0 Å². The summed E-state index contributed by atoms with van der Waals surface area (Å²) in [6.07, 6.45) is 1.52. The van der Waals surface area contributed by atoms with Crippen LogP contribution in [0, 0.1) is 5.92 Å². The normalized spacial score (nSPS) is 15.3. The second-order valence-electron chi connectivity index (χ2n) is 8.01. The largest absolute Gasteiger partial charge is 0.469 e. The standard InChI is InChI=1S/C21H30N2O4/c1-21(2,3)17-7-5-15(6-8-17)19(25)22-12-9-18(24)23-13-10-16(11-14-23)20(26)27-4/h5-8,16H,9-14H2,1-4H3,(H,22,25). The third-order valence-corrected chi connectivity index (χ3v) is 5.02. The number of esters is 1. The highest BCUT2D eigenvalue weighted by Gasteiger charge is 2.27. The number of hydrogen-bond acceptors (Lipinski definition) is 4. The molecule has 148 valence electrons. The van der Waals surface area contributed by atoms with Crippen LogP contribution < -0.4 is 5.32 Å². The zero-order valence-corrected chi connectivity index (χ0v) is 16.7. The Morgan fingerprint density at radius 2 is 1.70 bits per heavy atom. The zero-order chi connectivity index (χ0) is 20.0. The van der Waals surface area contributed by atoms with Crippen molar-refractivity contribution >= 4 is 17.8 Å². The van der Waals surface area contributed by atoms with E-state index in [0.29, 0.717) is 38.0 Å². The van der Waals surface area contributed by atoms with Gasteiger partial charge >= 0.3 is 5.97 Å². The van der Waals surface area contributed by atoms with Crippen LogP contribution in [0.4, 0.5) is 0 Å². The quantitative estimate of drug-likeness (QED) is 0.804. The van der Waals surface area contributed by atoms with Gasteiger partial charge in [0.1, 0.15) is 0 Å². The minimum absolute atomic E-state index is 0.00157. The lowest BCUT2D eigenvalue weighted by atomic mass is 9.87. The van der Waals surface area contributed by atoms with Crippen molar-refractivity contribution in [3.8, 4) is 0 Å². The number of likely N-dealkylation sites (tertiary alicyclic amines) is 1. The van der Waals surface area contributed by atoms with Crippen molar-refractivity contribution in [1.29, 1.82) is 0 Å². The lowest BCUT2D eigenvalue weighted by Crippen LogP contribution is -2.41. The summed E-state index contributed by atoms with van der Waals surface area (Å²) in [4.78, 5) is 37.8. The molecule has 1 saturated heterocycles.